The molecule has 388 valence electrons. The van der Waals surface area contributed by atoms with Gasteiger partial charge in [-0.05, 0) is 187 Å². The van der Waals surface area contributed by atoms with Gasteiger partial charge in [0.05, 0.1) is 5.52 Å². The second-order valence-corrected chi connectivity index (χ2v) is 29.8. The lowest BCUT2D eigenvalue weighted by molar-refractivity contribution is 0.332. The predicted octanol–water partition coefficient (Wildman–Crippen LogP) is 18.5. The van der Waals surface area contributed by atoms with Gasteiger partial charge in [0.2, 0.25) is 0 Å². The summed E-state index contributed by atoms with van der Waals surface area (Å²) in [5, 5.41) is 4.10. The fourth-order valence-corrected chi connectivity index (χ4v) is 14.6. The third-order valence-electron chi connectivity index (χ3n) is 18.2. The van der Waals surface area contributed by atoms with Crippen molar-refractivity contribution in [2.24, 2.45) is 0 Å². The Labute approximate surface area is 459 Å². The number of hydrogen-bond donors (Lipinski definition) is 0. The Balaban J connectivity index is 1.23. The van der Waals surface area contributed by atoms with Gasteiger partial charge in [-0.25, -0.2) is 0 Å². The van der Waals surface area contributed by atoms with Gasteiger partial charge in [0.15, 0.2) is 0 Å². The zero-order chi connectivity index (χ0) is 54.3. The molecular formula is C71H80BN3S. The van der Waals surface area contributed by atoms with E-state index in [4.69, 9.17) is 0 Å². The first-order valence-electron chi connectivity index (χ1n) is 28.2. The number of thiophene rings is 1. The molecule has 1 aliphatic carbocycles. The Morgan fingerprint density at radius 2 is 1.04 bits per heavy atom. The molecule has 0 saturated heterocycles. The van der Waals surface area contributed by atoms with Crippen LogP contribution in [0.15, 0.2) is 115 Å². The van der Waals surface area contributed by atoms with Crippen LogP contribution in [-0.2, 0) is 32.5 Å². The molecule has 3 aliphatic rings. The van der Waals surface area contributed by atoms with Crippen LogP contribution in [0, 0.1) is 20.8 Å². The molecular weight excluding hydrogens is 938 g/mol. The third-order valence-corrected chi connectivity index (χ3v) is 19.4. The molecule has 0 unspecified atom stereocenters. The summed E-state index contributed by atoms with van der Waals surface area (Å²) >= 11 is 1.96. The van der Waals surface area contributed by atoms with Gasteiger partial charge in [0.1, 0.15) is 4.83 Å². The Kier molecular flexibility index (Phi) is 11.0. The lowest BCUT2D eigenvalue weighted by atomic mass is 9.33. The van der Waals surface area contributed by atoms with E-state index in [0.717, 1.165) is 12.1 Å². The fourth-order valence-electron chi connectivity index (χ4n) is 13.3. The second kappa shape index (κ2) is 16.5. The number of aryl methyl sites for hydroxylation is 3. The number of nitrogens with zero attached hydrogens (tertiary/aromatic N) is 3. The zero-order valence-electron chi connectivity index (χ0n) is 49.2. The molecule has 0 saturated carbocycles. The van der Waals surface area contributed by atoms with E-state index in [0.29, 0.717) is 0 Å². The highest BCUT2D eigenvalue weighted by atomic mass is 32.1. The highest BCUT2D eigenvalue weighted by molar-refractivity contribution is 7.26. The molecule has 0 amide bonds. The minimum absolute atomic E-state index is 0.00532. The summed E-state index contributed by atoms with van der Waals surface area (Å²) in [7, 11) is 0. The molecule has 5 heteroatoms. The number of rotatable bonds is 4. The summed E-state index contributed by atoms with van der Waals surface area (Å²) in [5.74, 6) is 0. The summed E-state index contributed by atoms with van der Waals surface area (Å²) < 4.78 is 4.05. The van der Waals surface area contributed by atoms with Crippen LogP contribution in [0.5, 0.6) is 0 Å². The average Bonchev–Trinajstić information content (AvgIpc) is 3.93. The zero-order valence-corrected chi connectivity index (χ0v) is 50.0. The van der Waals surface area contributed by atoms with Crippen LogP contribution >= 0.6 is 11.3 Å². The molecule has 0 bridgehead atoms. The van der Waals surface area contributed by atoms with Gasteiger partial charge < -0.3 is 14.4 Å². The van der Waals surface area contributed by atoms with Gasteiger partial charge in [-0.3, -0.25) is 0 Å². The highest BCUT2D eigenvalue weighted by Crippen LogP contribution is 2.53. The SMILES string of the molecule is Cc1cc(C(C)(C)C)ccc1N(c1ccc2c(c1)N(c1cc3c(cc1C)C(C)(C)CCC3(C)C)c1cc(C(C)(C)C)cc3c1B2c1cc(C(C)(C)C)cc2c4c5ccccc5sc4n-3c12)c1ccc(C(C)(C)C)cc1C. The van der Waals surface area contributed by atoms with Crippen LogP contribution in [0.4, 0.5) is 34.1 Å². The van der Waals surface area contributed by atoms with E-state index in [2.05, 4.69) is 261 Å². The van der Waals surface area contributed by atoms with Crippen molar-refractivity contribution < 1.29 is 0 Å². The van der Waals surface area contributed by atoms with Gasteiger partial charge in [0.25, 0.3) is 6.71 Å². The first-order chi connectivity index (χ1) is 35.4. The molecule has 0 radical (unpaired) electrons. The molecule has 0 N–H and O–H groups in total. The first kappa shape index (κ1) is 50.8. The summed E-state index contributed by atoms with van der Waals surface area (Å²) in [4.78, 5) is 6.65. The minimum Gasteiger partial charge on any atom is -0.311 e. The van der Waals surface area contributed by atoms with Crippen molar-refractivity contribution in [1.82, 2.24) is 4.57 Å². The van der Waals surface area contributed by atoms with Crippen molar-refractivity contribution in [3.8, 4) is 5.69 Å². The second-order valence-electron chi connectivity index (χ2n) is 28.8. The molecule has 2 aromatic heterocycles. The van der Waals surface area contributed by atoms with Crippen LogP contribution < -0.4 is 26.2 Å². The number of aromatic nitrogens is 1. The molecule has 3 nitrogen and oxygen atoms in total. The quantitative estimate of drug-likeness (QED) is 0.163. The Bertz CT molecular complexity index is 3860. The molecule has 12 rings (SSSR count). The maximum atomic E-state index is 2.74. The van der Waals surface area contributed by atoms with Gasteiger partial charge in [-0.2, -0.15) is 0 Å². The largest absolute Gasteiger partial charge is 0.311 e. The van der Waals surface area contributed by atoms with Crippen molar-refractivity contribution in [2.75, 3.05) is 9.80 Å². The molecule has 0 spiro atoms. The van der Waals surface area contributed by atoms with E-state index in [1.807, 2.05) is 11.3 Å². The minimum atomic E-state index is -0.127. The Morgan fingerprint density at radius 3 is 1.62 bits per heavy atom. The summed E-state index contributed by atoms with van der Waals surface area (Å²) in [6, 6.07) is 46.6. The number of anilines is 6. The van der Waals surface area contributed by atoms with Crippen LogP contribution in [0.3, 0.4) is 0 Å². The number of benzene rings is 7. The Morgan fingerprint density at radius 1 is 0.487 bits per heavy atom. The monoisotopic (exact) mass is 1020 g/mol. The van der Waals surface area contributed by atoms with E-state index in [1.54, 1.807) is 0 Å². The normalized spacial score (nSPS) is 15.9. The van der Waals surface area contributed by atoms with Gasteiger partial charge >= 0.3 is 0 Å². The lowest BCUT2D eigenvalue weighted by Gasteiger charge is -2.45. The van der Waals surface area contributed by atoms with Crippen molar-refractivity contribution >= 4 is 99.8 Å². The topological polar surface area (TPSA) is 11.4 Å². The predicted molar refractivity (Wildman–Crippen MR) is 334 cm³/mol. The third kappa shape index (κ3) is 7.70. The first-order valence-corrected chi connectivity index (χ1v) is 29.1. The molecule has 7 aromatic carbocycles. The molecule has 9 aromatic rings. The molecule has 0 atom stereocenters. The maximum Gasteiger partial charge on any atom is 0.252 e. The van der Waals surface area contributed by atoms with Crippen molar-refractivity contribution in [2.45, 2.75) is 177 Å². The maximum absolute atomic E-state index is 2.74. The summed E-state index contributed by atoms with van der Waals surface area (Å²) in [6.45, 7) is 45.2. The number of fused-ring (bicyclic) bond motifs is 10. The van der Waals surface area contributed by atoms with E-state index < -0.39 is 0 Å². The fraction of sp³-hybridized carbons (Fsp3) is 0.380. The molecule has 0 fully saturated rings. The van der Waals surface area contributed by atoms with Crippen LogP contribution in [0.25, 0.3) is 36.9 Å². The van der Waals surface area contributed by atoms with E-state index in [9.17, 15) is 0 Å². The highest BCUT2D eigenvalue weighted by Gasteiger charge is 2.46. The smallest absolute Gasteiger partial charge is 0.252 e. The molecule has 76 heavy (non-hydrogen) atoms. The van der Waals surface area contributed by atoms with Gasteiger partial charge in [-0.15, -0.1) is 11.3 Å². The number of hydrogen-bond acceptors (Lipinski definition) is 3. The summed E-state index contributed by atoms with van der Waals surface area (Å²) in [5.41, 5.74) is 26.4. The van der Waals surface area contributed by atoms with Crippen molar-refractivity contribution in [1.29, 1.82) is 0 Å². The molecule has 4 heterocycles. The average molecular weight is 1020 g/mol. The van der Waals surface area contributed by atoms with Gasteiger partial charge in [0, 0.05) is 60.7 Å². The summed E-state index contributed by atoms with van der Waals surface area (Å²) in [6.07, 6.45) is 2.34. The van der Waals surface area contributed by atoms with E-state index >= 15 is 0 Å². The van der Waals surface area contributed by atoms with Crippen LogP contribution in [0.1, 0.15) is 174 Å². The van der Waals surface area contributed by atoms with Crippen molar-refractivity contribution in [3.63, 3.8) is 0 Å². The standard InChI is InChI=1S/C71H80BN3S/c1-41-32-44(66(4,5)6)24-28-55(41)73(56-29-25-45(33-42(56)2)67(7,8)9)48-26-27-53-58(39-48)74(57-40-52-51(34-43(57)3)70(16,17)30-31-71(52,18)19)59-37-47(69(13,14)15)38-60-63(59)72(53)54-36-46(68(10,11)12)35-50-62-49-22-20-21-23-61(49)76-65(62)75(60)64(50)54/h20-29,32-40H,30-31H2,1-19H3. The molecule has 2 aliphatic heterocycles. The lowest BCUT2D eigenvalue weighted by Crippen LogP contribution is -2.60. The van der Waals surface area contributed by atoms with E-state index in [1.165, 1.54) is 138 Å². The van der Waals surface area contributed by atoms with Crippen molar-refractivity contribution in [3.05, 3.63) is 165 Å². The van der Waals surface area contributed by atoms with Crippen LogP contribution in [-0.4, -0.2) is 11.3 Å². The van der Waals surface area contributed by atoms with Crippen LogP contribution in [0.2, 0.25) is 0 Å². The van der Waals surface area contributed by atoms with Gasteiger partial charge in [-0.1, -0.05) is 171 Å². The Hall–Kier alpha value is -6.04. The van der Waals surface area contributed by atoms with E-state index in [-0.39, 0.29) is 39.2 Å².